The summed E-state index contributed by atoms with van der Waals surface area (Å²) in [7, 11) is 0. The van der Waals surface area contributed by atoms with Gasteiger partial charge in [-0.05, 0) is 47.4 Å². The quantitative estimate of drug-likeness (QED) is 0.395. The van der Waals surface area contributed by atoms with Gasteiger partial charge in [-0.15, -0.1) is 0 Å². The first-order valence-electron chi connectivity index (χ1n) is 10.3. The lowest BCUT2D eigenvalue weighted by molar-refractivity contribution is -0.141. The first-order valence-corrected chi connectivity index (χ1v) is 10.3. The van der Waals surface area contributed by atoms with Crippen molar-refractivity contribution in [2.24, 2.45) is 11.7 Å². The van der Waals surface area contributed by atoms with Gasteiger partial charge in [0.15, 0.2) is 0 Å². The van der Waals surface area contributed by atoms with Crippen LogP contribution in [0.4, 0.5) is 4.79 Å². The van der Waals surface area contributed by atoms with Crippen molar-refractivity contribution in [3.05, 3.63) is 59.0 Å². The summed E-state index contributed by atoms with van der Waals surface area (Å²) in [5.74, 6) is -1.65. The molecule has 2 unspecified atom stereocenters. The maximum absolute atomic E-state index is 12.1. The van der Waals surface area contributed by atoms with Gasteiger partial charge in [0.1, 0.15) is 19.2 Å². The Bertz CT molecular complexity index is 1030. The van der Waals surface area contributed by atoms with E-state index in [1.54, 1.807) is 0 Å². The van der Waals surface area contributed by atoms with Crippen LogP contribution in [0.5, 0.6) is 0 Å². The van der Waals surface area contributed by atoms with Crippen LogP contribution < -0.4 is 26.8 Å². The molecule has 31 heavy (non-hydrogen) atoms. The maximum atomic E-state index is 12.1. The van der Waals surface area contributed by atoms with Crippen molar-refractivity contribution in [1.82, 2.24) is 10.6 Å². The molecule has 0 radical (unpaired) electrons. The third kappa shape index (κ3) is 5.61. The van der Waals surface area contributed by atoms with E-state index in [0.29, 0.717) is 19.4 Å². The highest BCUT2D eigenvalue weighted by Crippen LogP contribution is 2.29. The van der Waals surface area contributed by atoms with E-state index in [9.17, 15) is 19.5 Å². The van der Waals surface area contributed by atoms with Gasteiger partial charge >= 0.3 is 12.1 Å². The molecule has 1 aromatic rings. The molecule has 0 heterocycles. The molecular formula is C23H27N3O5. The molecule has 0 saturated carbocycles. The number of alkyl carbamates (subject to hydrolysis) is 1. The fraction of sp³-hybridized carbons (Fsp3) is 0.348. The zero-order chi connectivity index (χ0) is 22.2. The average Bonchev–Trinajstić information content (AvgIpc) is 3.09. The summed E-state index contributed by atoms with van der Waals surface area (Å²) in [6.07, 6.45) is 8.89. The number of nitrogens with two attached hydrogens (primary N) is 1. The fourth-order valence-electron chi connectivity index (χ4n) is 3.80. The number of allylic oxidation sites excluding steroid dienone is 4. The van der Waals surface area contributed by atoms with Crippen molar-refractivity contribution < 1.29 is 24.2 Å². The fourth-order valence-corrected chi connectivity index (χ4v) is 3.80. The molecule has 0 aliphatic heterocycles. The third-order valence-electron chi connectivity index (χ3n) is 5.32. The summed E-state index contributed by atoms with van der Waals surface area (Å²) in [4.78, 5) is 35.4. The molecule has 0 spiro atoms. The Kier molecular flexibility index (Phi) is 7.61. The molecule has 3 rings (SSSR count). The lowest BCUT2D eigenvalue weighted by Gasteiger charge is -2.17. The molecular weight excluding hydrogens is 398 g/mol. The van der Waals surface area contributed by atoms with Crippen molar-refractivity contribution in [2.75, 3.05) is 19.7 Å². The number of carbonyl (C=O) groups is 3. The van der Waals surface area contributed by atoms with E-state index in [0.717, 1.165) is 16.0 Å². The van der Waals surface area contributed by atoms with E-state index >= 15 is 0 Å². The number of unbranched alkanes of at least 4 members (excludes halogenated alkanes) is 1. The molecule has 5 N–H and O–H groups in total. The number of hydrogen-bond donors (Lipinski definition) is 4. The van der Waals surface area contributed by atoms with Gasteiger partial charge in [-0.25, -0.2) is 9.59 Å². The van der Waals surface area contributed by atoms with E-state index in [4.69, 9.17) is 10.5 Å². The zero-order valence-corrected chi connectivity index (χ0v) is 17.2. The van der Waals surface area contributed by atoms with Gasteiger partial charge in [-0.1, -0.05) is 48.6 Å². The lowest BCUT2D eigenvalue weighted by Crippen LogP contribution is -2.45. The molecule has 2 amide bonds. The SMILES string of the molecule is NCCCCC(NC(=O)CNC(=O)OCC1=c2ccccc2=C2C=CC=CC21)C(=O)O. The monoisotopic (exact) mass is 425 g/mol. The number of benzene rings is 1. The van der Waals surface area contributed by atoms with Crippen LogP contribution in [-0.2, 0) is 14.3 Å². The van der Waals surface area contributed by atoms with Crippen molar-refractivity contribution in [3.63, 3.8) is 0 Å². The summed E-state index contributed by atoms with van der Waals surface area (Å²) in [6, 6.07) is 6.96. The number of rotatable bonds is 10. The second-order valence-electron chi connectivity index (χ2n) is 7.42. The van der Waals surface area contributed by atoms with Crippen LogP contribution in [0, 0.1) is 5.92 Å². The van der Waals surface area contributed by atoms with Gasteiger partial charge in [0.05, 0.1) is 0 Å². The van der Waals surface area contributed by atoms with Crippen molar-refractivity contribution in [3.8, 4) is 0 Å². The maximum Gasteiger partial charge on any atom is 0.407 e. The van der Waals surface area contributed by atoms with Crippen LogP contribution >= 0.6 is 0 Å². The Morgan fingerprint density at radius 2 is 1.90 bits per heavy atom. The highest BCUT2D eigenvalue weighted by Gasteiger charge is 2.25. The number of hydrogen-bond acceptors (Lipinski definition) is 5. The van der Waals surface area contributed by atoms with Crippen LogP contribution in [0.3, 0.4) is 0 Å². The highest BCUT2D eigenvalue weighted by atomic mass is 16.5. The van der Waals surface area contributed by atoms with E-state index in [1.165, 1.54) is 5.57 Å². The third-order valence-corrected chi connectivity index (χ3v) is 5.32. The van der Waals surface area contributed by atoms with Crippen molar-refractivity contribution in [1.29, 1.82) is 0 Å². The number of ether oxygens (including phenoxy) is 1. The van der Waals surface area contributed by atoms with Crippen LogP contribution in [-0.4, -0.2) is 48.8 Å². The minimum absolute atomic E-state index is 0.0587. The van der Waals surface area contributed by atoms with E-state index in [1.807, 2.05) is 36.4 Å². The second kappa shape index (κ2) is 10.6. The predicted octanol–water partition coefficient (Wildman–Crippen LogP) is 0.168. The summed E-state index contributed by atoms with van der Waals surface area (Å²) in [5, 5.41) is 16.2. The van der Waals surface area contributed by atoms with Gasteiger partial charge in [0.25, 0.3) is 0 Å². The molecule has 8 nitrogen and oxygen atoms in total. The molecule has 0 bridgehead atoms. The number of carboxylic acids is 1. The van der Waals surface area contributed by atoms with Crippen LogP contribution in [0.2, 0.25) is 0 Å². The largest absolute Gasteiger partial charge is 0.480 e. The number of fused-ring (bicyclic) bond motifs is 2. The number of aliphatic carboxylic acids is 1. The lowest BCUT2D eigenvalue weighted by atomic mass is 9.91. The minimum atomic E-state index is -1.12. The summed E-state index contributed by atoms with van der Waals surface area (Å²) in [5.41, 5.74) is 7.56. The highest BCUT2D eigenvalue weighted by molar-refractivity contribution is 5.87. The van der Waals surface area contributed by atoms with Crippen molar-refractivity contribution in [2.45, 2.75) is 25.3 Å². The number of nitrogens with one attached hydrogen (secondary N) is 2. The van der Waals surface area contributed by atoms with Gasteiger partial charge in [-0.2, -0.15) is 0 Å². The minimum Gasteiger partial charge on any atom is -0.480 e. The molecule has 0 saturated heterocycles. The summed E-state index contributed by atoms with van der Waals surface area (Å²) in [6.45, 7) is 0.186. The van der Waals surface area contributed by atoms with Crippen molar-refractivity contribution >= 4 is 29.1 Å². The second-order valence-corrected chi connectivity index (χ2v) is 7.42. The smallest absolute Gasteiger partial charge is 0.407 e. The molecule has 8 heteroatoms. The van der Waals surface area contributed by atoms with E-state index in [-0.39, 0.29) is 25.5 Å². The Morgan fingerprint density at radius 3 is 2.65 bits per heavy atom. The topological polar surface area (TPSA) is 131 Å². The molecule has 2 atom stereocenters. The van der Waals surface area contributed by atoms with Gasteiger partial charge in [0.2, 0.25) is 5.91 Å². The molecule has 164 valence electrons. The predicted molar refractivity (Wildman–Crippen MR) is 116 cm³/mol. The number of carbonyl (C=O) groups excluding carboxylic acids is 2. The molecule has 0 aromatic heterocycles. The molecule has 1 aromatic carbocycles. The first-order chi connectivity index (χ1) is 15.0. The molecule has 2 aliphatic rings. The van der Waals surface area contributed by atoms with Crippen LogP contribution in [0.1, 0.15) is 19.3 Å². The van der Waals surface area contributed by atoms with E-state index in [2.05, 4.69) is 22.8 Å². The summed E-state index contributed by atoms with van der Waals surface area (Å²) >= 11 is 0. The van der Waals surface area contributed by atoms with Crippen LogP contribution in [0.15, 0.2) is 48.6 Å². The number of carboxylic acid groups (broad SMARTS) is 1. The Morgan fingerprint density at radius 1 is 1.13 bits per heavy atom. The molecule has 0 fully saturated rings. The van der Waals surface area contributed by atoms with Crippen LogP contribution in [0.25, 0.3) is 11.1 Å². The van der Waals surface area contributed by atoms with Gasteiger partial charge < -0.3 is 26.2 Å². The van der Waals surface area contributed by atoms with E-state index < -0.39 is 24.0 Å². The zero-order valence-electron chi connectivity index (χ0n) is 17.2. The standard InChI is InChI=1S/C23H27N3O5/c24-12-6-5-11-20(22(28)29)26-21(27)13-25-23(30)31-14-19-17-9-3-1-7-15(17)16-8-2-4-10-18(16)19/h1-4,7-10,17,20H,5-6,11-14,24H2,(H,25,30)(H,26,27)(H,28,29). The van der Waals surface area contributed by atoms with Gasteiger partial charge in [0, 0.05) is 5.92 Å². The summed E-state index contributed by atoms with van der Waals surface area (Å²) < 4.78 is 5.35. The number of amides is 2. The molecule has 2 aliphatic carbocycles. The normalized spacial score (nSPS) is 17.0. The van der Waals surface area contributed by atoms with Gasteiger partial charge in [-0.3, -0.25) is 4.79 Å². The Hall–Kier alpha value is -3.39. The Labute approximate surface area is 180 Å². The first kappa shape index (κ1) is 22.3. The average molecular weight is 425 g/mol. The Balaban J connectivity index is 1.52.